The van der Waals surface area contributed by atoms with Crippen molar-refractivity contribution in [1.29, 1.82) is 0 Å². The fourth-order valence-corrected chi connectivity index (χ4v) is 3.28. The Morgan fingerprint density at radius 1 is 1.40 bits per heavy atom. The topological polar surface area (TPSA) is 29.9 Å². The molecular formula is C15H20ClN3S. The Balaban J connectivity index is 2.49. The molecule has 0 saturated carbocycles. The lowest BCUT2D eigenvalue weighted by molar-refractivity contribution is 0.532. The van der Waals surface area contributed by atoms with Crippen LogP contribution in [0.2, 0.25) is 5.02 Å². The standard InChI is InChI=1S/C15H20ClN3S/c1-4-9-19-15(12(16)10-18-19)14(17-2)11-7-5-6-8-13(11)20-3/h5-8,10,14,17H,4,9H2,1-3H3. The molecule has 0 aliphatic rings. The minimum atomic E-state index is 0.0557. The maximum atomic E-state index is 6.37. The van der Waals surface area contributed by atoms with Crippen LogP contribution in [0.4, 0.5) is 0 Å². The van der Waals surface area contributed by atoms with Crippen molar-refractivity contribution in [3.8, 4) is 0 Å². The van der Waals surface area contributed by atoms with Crippen molar-refractivity contribution in [2.75, 3.05) is 13.3 Å². The van der Waals surface area contributed by atoms with Crippen molar-refractivity contribution in [1.82, 2.24) is 15.1 Å². The number of aromatic nitrogens is 2. The molecule has 1 heterocycles. The highest BCUT2D eigenvalue weighted by Crippen LogP contribution is 2.33. The van der Waals surface area contributed by atoms with Crippen LogP contribution >= 0.6 is 23.4 Å². The summed E-state index contributed by atoms with van der Waals surface area (Å²) in [6, 6.07) is 8.46. The average molecular weight is 310 g/mol. The summed E-state index contributed by atoms with van der Waals surface area (Å²) in [7, 11) is 1.96. The summed E-state index contributed by atoms with van der Waals surface area (Å²) in [5.41, 5.74) is 2.28. The third kappa shape index (κ3) is 3.03. The zero-order chi connectivity index (χ0) is 14.5. The molecule has 20 heavy (non-hydrogen) atoms. The van der Waals surface area contributed by atoms with Gasteiger partial charge in [0.2, 0.25) is 0 Å². The second-order valence-corrected chi connectivity index (χ2v) is 5.82. The van der Waals surface area contributed by atoms with Crippen LogP contribution in [-0.4, -0.2) is 23.1 Å². The van der Waals surface area contributed by atoms with Gasteiger partial charge < -0.3 is 5.32 Å². The summed E-state index contributed by atoms with van der Waals surface area (Å²) in [4.78, 5) is 1.26. The molecule has 1 aromatic heterocycles. The molecule has 0 spiro atoms. The zero-order valence-corrected chi connectivity index (χ0v) is 13.6. The van der Waals surface area contributed by atoms with Gasteiger partial charge >= 0.3 is 0 Å². The Labute approximate surface area is 129 Å². The molecule has 0 saturated heterocycles. The van der Waals surface area contributed by atoms with Crippen molar-refractivity contribution < 1.29 is 0 Å². The number of thioether (sulfide) groups is 1. The highest BCUT2D eigenvalue weighted by atomic mass is 35.5. The van der Waals surface area contributed by atoms with E-state index in [-0.39, 0.29) is 6.04 Å². The van der Waals surface area contributed by atoms with Gasteiger partial charge in [-0.1, -0.05) is 36.7 Å². The van der Waals surface area contributed by atoms with Gasteiger partial charge in [0.15, 0.2) is 0 Å². The first-order valence-corrected chi connectivity index (χ1v) is 8.34. The number of rotatable bonds is 6. The van der Waals surface area contributed by atoms with E-state index in [9.17, 15) is 0 Å². The van der Waals surface area contributed by atoms with Crippen LogP contribution < -0.4 is 5.32 Å². The van der Waals surface area contributed by atoms with Crippen molar-refractivity contribution >= 4 is 23.4 Å². The molecule has 0 amide bonds. The third-order valence-corrected chi connectivity index (χ3v) is 4.38. The lowest BCUT2D eigenvalue weighted by Gasteiger charge is -2.21. The van der Waals surface area contributed by atoms with Crippen LogP contribution in [-0.2, 0) is 6.54 Å². The average Bonchev–Trinajstić information content (AvgIpc) is 2.83. The van der Waals surface area contributed by atoms with E-state index in [2.05, 4.69) is 47.9 Å². The van der Waals surface area contributed by atoms with E-state index in [4.69, 9.17) is 11.6 Å². The van der Waals surface area contributed by atoms with Crippen LogP contribution in [0.3, 0.4) is 0 Å². The van der Waals surface area contributed by atoms with Gasteiger partial charge in [0, 0.05) is 11.4 Å². The third-order valence-electron chi connectivity index (χ3n) is 3.28. The summed E-state index contributed by atoms with van der Waals surface area (Å²) < 4.78 is 2.00. The van der Waals surface area contributed by atoms with Crippen molar-refractivity contribution in [3.63, 3.8) is 0 Å². The number of nitrogens with one attached hydrogen (secondary N) is 1. The fraction of sp³-hybridized carbons (Fsp3) is 0.400. The first-order valence-electron chi connectivity index (χ1n) is 6.74. The van der Waals surface area contributed by atoms with Gasteiger partial charge in [0.25, 0.3) is 0 Å². The molecule has 108 valence electrons. The van der Waals surface area contributed by atoms with Gasteiger partial charge in [0.1, 0.15) is 0 Å². The second kappa shape index (κ2) is 7.16. The highest BCUT2D eigenvalue weighted by molar-refractivity contribution is 7.98. The minimum Gasteiger partial charge on any atom is -0.308 e. The Kier molecular flexibility index (Phi) is 5.52. The van der Waals surface area contributed by atoms with E-state index < -0.39 is 0 Å². The predicted molar refractivity (Wildman–Crippen MR) is 86.7 cm³/mol. The minimum absolute atomic E-state index is 0.0557. The number of halogens is 1. The summed E-state index contributed by atoms with van der Waals surface area (Å²) in [6.45, 7) is 3.02. The smallest absolute Gasteiger partial charge is 0.0837 e. The van der Waals surface area contributed by atoms with E-state index in [0.29, 0.717) is 5.02 Å². The molecule has 0 aliphatic carbocycles. The SMILES string of the molecule is CCCn1ncc(Cl)c1C(NC)c1ccccc1SC. The van der Waals surface area contributed by atoms with Gasteiger partial charge in [-0.25, -0.2) is 0 Å². The number of hydrogen-bond acceptors (Lipinski definition) is 3. The van der Waals surface area contributed by atoms with Crippen LogP contribution in [0.25, 0.3) is 0 Å². The fourth-order valence-electron chi connectivity index (χ4n) is 2.39. The lowest BCUT2D eigenvalue weighted by atomic mass is 10.0. The molecule has 1 atom stereocenters. The molecule has 2 rings (SSSR count). The summed E-state index contributed by atoms with van der Waals surface area (Å²) >= 11 is 8.12. The molecular weight excluding hydrogens is 290 g/mol. The van der Waals surface area contributed by atoms with Crippen LogP contribution in [0.15, 0.2) is 35.4 Å². The van der Waals surface area contributed by atoms with Gasteiger partial charge in [-0.2, -0.15) is 5.10 Å². The summed E-state index contributed by atoms with van der Waals surface area (Å²) in [6.07, 6.45) is 4.86. The quantitative estimate of drug-likeness (QED) is 0.819. The largest absolute Gasteiger partial charge is 0.308 e. The summed E-state index contributed by atoms with van der Waals surface area (Å²) in [5.74, 6) is 0. The zero-order valence-electron chi connectivity index (χ0n) is 12.1. The molecule has 0 fully saturated rings. The number of hydrogen-bond donors (Lipinski definition) is 1. The van der Waals surface area contributed by atoms with Crippen molar-refractivity contribution in [2.45, 2.75) is 30.8 Å². The second-order valence-electron chi connectivity index (χ2n) is 4.56. The van der Waals surface area contributed by atoms with Crippen LogP contribution in [0, 0.1) is 0 Å². The molecule has 1 N–H and O–H groups in total. The van der Waals surface area contributed by atoms with Crippen LogP contribution in [0.1, 0.15) is 30.6 Å². The van der Waals surface area contributed by atoms with E-state index >= 15 is 0 Å². The van der Waals surface area contributed by atoms with Crippen LogP contribution in [0.5, 0.6) is 0 Å². The normalized spacial score (nSPS) is 12.6. The molecule has 1 aromatic carbocycles. The molecule has 1 unspecified atom stereocenters. The molecule has 0 bridgehead atoms. The van der Waals surface area contributed by atoms with Gasteiger partial charge in [-0.15, -0.1) is 11.8 Å². The molecule has 0 aliphatic heterocycles. The lowest BCUT2D eigenvalue weighted by Crippen LogP contribution is -2.22. The van der Waals surface area contributed by atoms with Gasteiger partial charge in [-0.05, 0) is 31.4 Å². The number of nitrogens with zero attached hydrogens (tertiary/aromatic N) is 2. The van der Waals surface area contributed by atoms with Gasteiger partial charge in [0.05, 0.1) is 23.0 Å². The predicted octanol–water partition coefficient (Wildman–Crippen LogP) is 3.98. The molecule has 3 nitrogen and oxygen atoms in total. The maximum Gasteiger partial charge on any atom is 0.0837 e. The molecule has 0 radical (unpaired) electrons. The van der Waals surface area contributed by atoms with Crippen molar-refractivity contribution in [2.24, 2.45) is 0 Å². The Bertz CT molecular complexity index is 568. The van der Waals surface area contributed by atoms with Gasteiger partial charge in [-0.3, -0.25) is 4.68 Å². The van der Waals surface area contributed by atoms with E-state index in [1.165, 1.54) is 10.5 Å². The molecule has 2 aromatic rings. The highest BCUT2D eigenvalue weighted by Gasteiger charge is 2.22. The first-order chi connectivity index (χ1) is 9.72. The Morgan fingerprint density at radius 2 is 2.15 bits per heavy atom. The van der Waals surface area contributed by atoms with Crippen molar-refractivity contribution in [3.05, 3.63) is 46.7 Å². The summed E-state index contributed by atoms with van der Waals surface area (Å²) in [5, 5.41) is 8.49. The first kappa shape index (κ1) is 15.4. The van der Waals surface area contributed by atoms with E-state index in [1.807, 2.05) is 11.7 Å². The monoisotopic (exact) mass is 309 g/mol. The van der Waals surface area contributed by atoms with E-state index in [1.54, 1.807) is 18.0 Å². The van der Waals surface area contributed by atoms with E-state index in [0.717, 1.165) is 18.7 Å². The Hall–Kier alpha value is -0.970. The maximum absolute atomic E-state index is 6.37. The number of benzene rings is 1. The number of aryl methyl sites for hydroxylation is 1. The Morgan fingerprint density at radius 3 is 2.80 bits per heavy atom. The molecule has 5 heteroatoms.